The summed E-state index contributed by atoms with van der Waals surface area (Å²) in [6, 6.07) is 3.96. The van der Waals surface area contributed by atoms with E-state index < -0.39 is 0 Å². The van der Waals surface area contributed by atoms with Crippen LogP contribution in [-0.4, -0.2) is 27.6 Å². The highest BCUT2D eigenvalue weighted by molar-refractivity contribution is 6.05. The number of hydrogen-bond acceptors (Lipinski definition) is 2. The predicted molar refractivity (Wildman–Crippen MR) is 85.0 cm³/mol. The maximum atomic E-state index is 10.2. The van der Waals surface area contributed by atoms with Crippen LogP contribution in [0.2, 0.25) is 5.79 Å². The first-order valence-electron chi connectivity index (χ1n) is 6.53. The molecule has 0 amide bonds. The second-order valence-corrected chi connectivity index (χ2v) is 6.61. The van der Waals surface area contributed by atoms with Crippen molar-refractivity contribution >= 4 is 22.5 Å². The van der Waals surface area contributed by atoms with Crippen LogP contribution < -0.4 is 0 Å². The average Bonchev–Trinajstić information content (AvgIpc) is 2.29. The lowest BCUT2D eigenvalue weighted by molar-refractivity contribution is 0.444. The van der Waals surface area contributed by atoms with E-state index in [4.69, 9.17) is 5.41 Å². The molecule has 0 saturated heterocycles. The van der Waals surface area contributed by atoms with Crippen molar-refractivity contribution in [2.75, 3.05) is 0 Å². The molecule has 0 aromatic heterocycles. The molecule has 0 fully saturated rings. The van der Waals surface area contributed by atoms with E-state index in [0.29, 0.717) is 5.56 Å². The molecule has 0 aliphatic rings. The van der Waals surface area contributed by atoms with Gasteiger partial charge >= 0.3 is 0 Å². The van der Waals surface area contributed by atoms with Crippen LogP contribution in [0.1, 0.15) is 58.2 Å². The van der Waals surface area contributed by atoms with E-state index in [9.17, 15) is 5.11 Å². The molecule has 1 aromatic carbocycles. The van der Waals surface area contributed by atoms with Crippen LogP contribution in [-0.2, 0) is 10.8 Å². The highest BCUT2D eigenvalue weighted by Crippen LogP contribution is 2.36. The third kappa shape index (κ3) is 4.67. The Bertz CT molecular complexity index is 439. The molecule has 0 bridgehead atoms. The highest BCUT2D eigenvalue weighted by Gasteiger charge is 2.24. The number of nitrogens with one attached hydrogen (secondary N) is 1. The fourth-order valence-electron chi connectivity index (χ4n) is 1.77. The standard InChI is InChI=1S/C15H23NO.CH3.Al/c1-14(2,3)11-7-10(9-16)13(17)12(8-11)15(4,5)6;;/h7-9,16-17H,1-6H3;1H3;. The van der Waals surface area contributed by atoms with Crippen LogP contribution in [0.3, 0.4) is 0 Å². The van der Waals surface area contributed by atoms with Gasteiger partial charge < -0.3 is 10.5 Å². The van der Waals surface area contributed by atoms with Crippen molar-refractivity contribution in [1.29, 1.82) is 5.41 Å². The molecule has 2 nitrogen and oxygen atoms in total. The Kier molecular flexibility index (Phi) is 6.32. The topological polar surface area (TPSA) is 44.1 Å². The Balaban J connectivity index is 0.00000154. The van der Waals surface area contributed by atoms with Crippen LogP contribution >= 0.6 is 0 Å². The third-order valence-corrected chi connectivity index (χ3v) is 2.97. The SMILES string of the molecule is CC(C)(C)c1cc(C=N)c(O)c(C(C)(C)C)c1.[CH3][Al]. The van der Waals surface area contributed by atoms with Crippen molar-refractivity contribution in [3.05, 3.63) is 28.8 Å². The zero-order valence-electron chi connectivity index (χ0n) is 13.3. The zero-order chi connectivity index (χ0) is 15.4. The number of benzene rings is 1. The first-order chi connectivity index (χ1) is 8.57. The third-order valence-electron chi connectivity index (χ3n) is 2.97. The Morgan fingerprint density at radius 2 is 1.47 bits per heavy atom. The number of phenols is 1. The summed E-state index contributed by atoms with van der Waals surface area (Å²) in [5.41, 5.74) is 2.55. The van der Waals surface area contributed by atoms with Crippen molar-refractivity contribution in [2.24, 2.45) is 0 Å². The van der Waals surface area contributed by atoms with E-state index >= 15 is 0 Å². The van der Waals surface area contributed by atoms with Gasteiger partial charge in [-0.1, -0.05) is 47.6 Å². The number of hydrogen-bond donors (Lipinski definition) is 2. The molecule has 0 unspecified atom stereocenters. The van der Waals surface area contributed by atoms with Crippen LogP contribution in [0.5, 0.6) is 5.75 Å². The van der Waals surface area contributed by atoms with Gasteiger partial charge in [0.05, 0.1) is 0 Å². The van der Waals surface area contributed by atoms with E-state index in [0.717, 1.165) is 11.1 Å². The maximum absolute atomic E-state index is 10.2. The number of aromatic hydroxyl groups is 1. The van der Waals surface area contributed by atoms with Gasteiger partial charge in [0.1, 0.15) is 22.0 Å². The van der Waals surface area contributed by atoms with Gasteiger partial charge in [-0.05, 0) is 22.5 Å². The smallest absolute Gasteiger partial charge is 0.128 e. The second kappa shape index (κ2) is 6.59. The molecular formula is C16H26AlNO. The van der Waals surface area contributed by atoms with Crippen LogP contribution in [0.4, 0.5) is 0 Å². The van der Waals surface area contributed by atoms with E-state index in [2.05, 4.69) is 63.9 Å². The van der Waals surface area contributed by atoms with Crippen molar-refractivity contribution < 1.29 is 5.11 Å². The molecule has 1 aromatic rings. The van der Waals surface area contributed by atoms with Crippen LogP contribution in [0.15, 0.2) is 12.1 Å². The molecular weight excluding hydrogens is 249 g/mol. The Hall–Kier alpha value is -0.778. The van der Waals surface area contributed by atoms with Crippen LogP contribution in [0, 0.1) is 5.41 Å². The minimum atomic E-state index is -0.122. The summed E-state index contributed by atoms with van der Waals surface area (Å²) >= 11 is 2.42. The van der Waals surface area contributed by atoms with Gasteiger partial charge in [-0.2, -0.15) is 0 Å². The van der Waals surface area contributed by atoms with E-state index in [1.165, 1.54) is 6.21 Å². The summed E-state index contributed by atoms with van der Waals surface area (Å²) in [6.45, 7) is 12.6. The molecule has 104 valence electrons. The summed E-state index contributed by atoms with van der Waals surface area (Å²) in [5.74, 6) is 2.15. The molecule has 1 rings (SSSR count). The molecule has 3 heteroatoms. The highest BCUT2D eigenvalue weighted by atomic mass is 27.0. The summed E-state index contributed by atoms with van der Waals surface area (Å²) < 4.78 is 0. The van der Waals surface area contributed by atoms with Gasteiger partial charge in [-0.25, -0.2) is 0 Å². The van der Waals surface area contributed by atoms with Crippen molar-refractivity contribution in [3.8, 4) is 5.75 Å². The van der Waals surface area contributed by atoms with Crippen LogP contribution in [0.25, 0.3) is 0 Å². The minimum Gasteiger partial charge on any atom is -0.507 e. The number of phenolic OH excluding ortho intramolecular Hbond substituents is 1. The van der Waals surface area contributed by atoms with Gasteiger partial charge in [-0.15, -0.1) is 5.79 Å². The fourth-order valence-corrected chi connectivity index (χ4v) is 1.77. The van der Waals surface area contributed by atoms with Gasteiger partial charge in [0, 0.05) is 17.3 Å². The molecule has 0 atom stereocenters. The van der Waals surface area contributed by atoms with Crippen molar-refractivity contribution in [3.63, 3.8) is 0 Å². The zero-order valence-corrected chi connectivity index (χ0v) is 14.4. The quantitative estimate of drug-likeness (QED) is 0.586. The van der Waals surface area contributed by atoms with Gasteiger partial charge in [0.2, 0.25) is 0 Å². The summed E-state index contributed by atoms with van der Waals surface area (Å²) in [6.07, 6.45) is 1.22. The molecule has 2 N–H and O–H groups in total. The van der Waals surface area contributed by atoms with E-state index in [1.807, 2.05) is 11.9 Å². The van der Waals surface area contributed by atoms with Gasteiger partial charge in [0.25, 0.3) is 0 Å². The van der Waals surface area contributed by atoms with E-state index in [1.54, 1.807) is 0 Å². The predicted octanol–water partition coefficient (Wildman–Crippen LogP) is 4.19. The van der Waals surface area contributed by atoms with Gasteiger partial charge in [0.15, 0.2) is 0 Å². The molecule has 0 aliphatic heterocycles. The lowest BCUT2D eigenvalue weighted by Crippen LogP contribution is -2.17. The normalized spacial score (nSPS) is 11.5. The Morgan fingerprint density at radius 1 is 1.00 bits per heavy atom. The van der Waals surface area contributed by atoms with Crippen molar-refractivity contribution in [2.45, 2.75) is 58.2 Å². The summed E-state index contributed by atoms with van der Waals surface area (Å²) in [4.78, 5) is 0. The lowest BCUT2D eigenvalue weighted by atomic mass is 9.79. The Morgan fingerprint density at radius 3 is 1.79 bits per heavy atom. The first kappa shape index (κ1) is 18.2. The maximum Gasteiger partial charge on any atom is 0.128 e. The minimum absolute atomic E-state index is 0.0193. The Labute approximate surface area is 126 Å². The summed E-state index contributed by atoms with van der Waals surface area (Å²) in [5, 5.41) is 17.6. The average molecular weight is 275 g/mol. The fraction of sp³-hybridized carbons (Fsp3) is 0.562. The molecule has 0 saturated carbocycles. The second-order valence-electron chi connectivity index (χ2n) is 6.61. The van der Waals surface area contributed by atoms with Gasteiger partial charge in [-0.3, -0.25) is 0 Å². The summed E-state index contributed by atoms with van der Waals surface area (Å²) in [7, 11) is 0. The molecule has 0 heterocycles. The molecule has 19 heavy (non-hydrogen) atoms. The first-order valence-corrected chi connectivity index (χ1v) is 7.69. The largest absolute Gasteiger partial charge is 0.507 e. The lowest BCUT2D eigenvalue weighted by Gasteiger charge is -2.26. The molecule has 0 spiro atoms. The van der Waals surface area contributed by atoms with E-state index in [-0.39, 0.29) is 16.6 Å². The molecule has 2 radical (unpaired) electrons. The monoisotopic (exact) mass is 275 g/mol. The number of rotatable bonds is 1. The van der Waals surface area contributed by atoms with Crippen molar-refractivity contribution in [1.82, 2.24) is 0 Å². The molecule has 0 aliphatic carbocycles.